The van der Waals surface area contributed by atoms with Gasteiger partial charge >= 0.3 is 0 Å². The topological polar surface area (TPSA) is 40.6 Å². The molecule has 1 aromatic carbocycles. The van der Waals surface area contributed by atoms with E-state index < -0.39 is 6.17 Å². The van der Waals surface area contributed by atoms with Crippen LogP contribution in [0.3, 0.4) is 0 Å². The van der Waals surface area contributed by atoms with Gasteiger partial charge in [0.15, 0.2) is 6.29 Å². The standard InChI is InChI=1S/C31H46FNO3/c1-3-5-7-9-10-11-13-25-22-35-31(36-23-25)27-17-20-30(33-21-27)26-15-18-29(19-16-26)34-24-28(32)14-12-8-6-4-2/h15-21,25,28,31H,3-14,22-24H2,1-2H3. The minimum atomic E-state index is -0.911. The van der Waals surface area contributed by atoms with Gasteiger partial charge in [0.05, 0.1) is 18.9 Å². The fourth-order valence-electron chi connectivity index (χ4n) is 4.62. The molecule has 2 aromatic rings. The van der Waals surface area contributed by atoms with Crippen LogP contribution >= 0.6 is 0 Å². The largest absolute Gasteiger partial charge is 0.491 e. The van der Waals surface area contributed by atoms with Crippen molar-refractivity contribution in [2.24, 2.45) is 5.92 Å². The summed E-state index contributed by atoms with van der Waals surface area (Å²) >= 11 is 0. The van der Waals surface area contributed by atoms with Crippen LogP contribution in [0.15, 0.2) is 42.6 Å². The third-order valence-corrected chi connectivity index (χ3v) is 6.94. The summed E-state index contributed by atoms with van der Waals surface area (Å²) in [6.45, 7) is 6.03. The molecule has 0 amide bonds. The van der Waals surface area contributed by atoms with Crippen LogP contribution in [-0.2, 0) is 9.47 Å². The van der Waals surface area contributed by atoms with Crippen molar-refractivity contribution in [2.45, 2.75) is 103 Å². The predicted octanol–water partition coefficient (Wildman–Crippen LogP) is 8.85. The van der Waals surface area contributed by atoms with E-state index in [1.54, 1.807) is 0 Å². The highest BCUT2D eigenvalue weighted by Crippen LogP contribution is 2.29. The molecule has 1 unspecified atom stereocenters. The SMILES string of the molecule is CCCCCCCCC1COC(c2ccc(-c3ccc(OCC(F)CCCCCC)cc3)nc2)OC1. The van der Waals surface area contributed by atoms with Crippen LogP contribution in [0.5, 0.6) is 5.75 Å². The van der Waals surface area contributed by atoms with Gasteiger partial charge in [0, 0.05) is 23.2 Å². The molecule has 0 N–H and O–H groups in total. The summed E-state index contributed by atoms with van der Waals surface area (Å²) in [7, 11) is 0. The van der Waals surface area contributed by atoms with Crippen molar-refractivity contribution in [2.75, 3.05) is 19.8 Å². The van der Waals surface area contributed by atoms with E-state index in [2.05, 4.69) is 18.8 Å². The molecule has 1 aliphatic heterocycles. The summed E-state index contributed by atoms with van der Waals surface area (Å²) in [5.41, 5.74) is 2.82. The van der Waals surface area contributed by atoms with E-state index in [0.29, 0.717) is 18.1 Å². The Morgan fingerprint density at radius 1 is 0.861 bits per heavy atom. The maximum atomic E-state index is 14.0. The quantitative estimate of drug-likeness (QED) is 0.204. The summed E-state index contributed by atoms with van der Waals surface area (Å²) in [4.78, 5) is 4.62. The van der Waals surface area contributed by atoms with Gasteiger partial charge in [-0.2, -0.15) is 0 Å². The fourth-order valence-corrected chi connectivity index (χ4v) is 4.62. The second-order valence-electron chi connectivity index (χ2n) is 10.2. The summed E-state index contributed by atoms with van der Waals surface area (Å²) in [5, 5.41) is 0. The molecule has 0 aliphatic carbocycles. The molecule has 5 heteroatoms. The van der Waals surface area contributed by atoms with Gasteiger partial charge < -0.3 is 14.2 Å². The van der Waals surface area contributed by atoms with Crippen LogP contribution in [-0.4, -0.2) is 31.0 Å². The van der Waals surface area contributed by atoms with Gasteiger partial charge in [-0.25, -0.2) is 4.39 Å². The lowest BCUT2D eigenvalue weighted by molar-refractivity contribution is -0.206. The normalized spacial score (nSPS) is 18.8. The molecule has 0 radical (unpaired) electrons. The number of rotatable bonds is 17. The molecular formula is C31H46FNO3. The molecule has 0 saturated carbocycles. The van der Waals surface area contributed by atoms with Gasteiger partial charge in [0.1, 0.15) is 18.5 Å². The van der Waals surface area contributed by atoms with Crippen LogP contribution in [0.2, 0.25) is 0 Å². The van der Waals surface area contributed by atoms with Gasteiger partial charge in [-0.05, 0) is 43.2 Å². The van der Waals surface area contributed by atoms with Gasteiger partial charge in [0.2, 0.25) is 0 Å². The number of hydrogen-bond donors (Lipinski definition) is 0. The maximum Gasteiger partial charge on any atom is 0.185 e. The lowest BCUT2D eigenvalue weighted by Gasteiger charge is -2.29. The molecule has 0 bridgehead atoms. The van der Waals surface area contributed by atoms with E-state index in [4.69, 9.17) is 14.2 Å². The van der Waals surface area contributed by atoms with Crippen molar-refractivity contribution in [1.29, 1.82) is 0 Å². The van der Waals surface area contributed by atoms with Gasteiger partial charge in [0.25, 0.3) is 0 Å². The predicted molar refractivity (Wildman–Crippen MR) is 145 cm³/mol. The summed E-state index contributed by atoms with van der Waals surface area (Å²) in [5.74, 6) is 1.18. The Balaban J connectivity index is 1.37. The van der Waals surface area contributed by atoms with Crippen molar-refractivity contribution in [3.8, 4) is 17.0 Å². The Morgan fingerprint density at radius 3 is 2.19 bits per heavy atom. The highest BCUT2D eigenvalue weighted by atomic mass is 19.1. The number of alkyl halides is 1. The smallest absolute Gasteiger partial charge is 0.185 e. The van der Waals surface area contributed by atoms with E-state index >= 15 is 0 Å². The van der Waals surface area contributed by atoms with Crippen molar-refractivity contribution < 1.29 is 18.6 Å². The van der Waals surface area contributed by atoms with Crippen molar-refractivity contribution in [1.82, 2.24) is 4.98 Å². The first-order valence-electron chi connectivity index (χ1n) is 14.3. The molecule has 1 atom stereocenters. The van der Waals surface area contributed by atoms with E-state index in [-0.39, 0.29) is 12.9 Å². The lowest BCUT2D eigenvalue weighted by Crippen LogP contribution is -2.27. The molecule has 1 fully saturated rings. The van der Waals surface area contributed by atoms with Crippen molar-refractivity contribution >= 4 is 0 Å². The maximum absolute atomic E-state index is 14.0. The second kappa shape index (κ2) is 16.7. The van der Waals surface area contributed by atoms with E-state index in [1.165, 1.54) is 57.8 Å². The zero-order chi connectivity index (χ0) is 25.4. The third-order valence-electron chi connectivity index (χ3n) is 6.94. The summed E-state index contributed by atoms with van der Waals surface area (Å²) < 4.78 is 31.7. The van der Waals surface area contributed by atoms with Crippen LogP contribution in [0, 0.1) is 5.92 Å². The summed E-state index contributed by atoms with van der Waals surface area (Å²) in [6.07, 6.45) is 14.6. The van der Waals surface area contributed by atoms with Crippen LogP contribution in [0.25, 0.3) is 11.3 Å². The molecule has 3 rings (SSSR count). The Kier molecular flexibility index (Phi) is 13.3. The number of benzene rings is 1. The van der Waals surface area contributed by atoms with Gasteiger partial charge in [-0.1, -0.05) is 84.1 Å². The highest BCUT2D eigenvalue weighted by Gasteiger charge is 2.23. The molecule has 2 heterocycles. The number of aromatic nitrogens is 1. The molecule has 1 saturated heterocycles. The number of hydrogen-bond acceptors (Lipinski definition) is 4. The second-order valence-corrected chi connectivity index (χ2v) is 10.2. The Bertz CT molecular complexity index is 819. The molecule has 1 aromatic heterocycles. The monoisotopic (exact) mass is 499 g/mol. The highest BCUT2D eigenvalue weighted by molar-refractivity contribution is 5.60. The number of halogens is 1. The minimum Gasteiger partial charge on any atom is -0.491 e. The van der Waals surface area contributed by atoms with Crippen LogP contribution < -0.4 is 4.74 Å². The average Bonchev–Trinajstić information content (AvgIpc) is 2.93. The van der Waals surface area contributed by atoms with Crippen molar-refractivity contribution in [3.05, 3.63) is 48.2 Å². The number of unbranched alkanes of at least 4 members (excludes halogenated alkanes) is 8. The molecular weight excluding hydrogens is 453 g/mol. The molecule has 4 nitrogen and oxygen atoms in total. The van der Waals surface area contributed by atoms with E-state index in [0.717, 1.165) is 42.9 Å². The Morgan fingerprint density at radius 2 is 1.53 bits per heavy atom. The zero-order valence-corrected chi connectivity index (χ0v) is 22.4. The first-order chi connectivity index (χ1) is 17.7. The van der Waals surface area contributed by atoms with E-state index in [9.17, 15) is 4.39 Å². The Labute approximate surface area is 218 Å². The molecule has 1 aliphatic rings. The molecule has 36 heavy (non-hydrogen) atoms. The Hall–Kier alpha value is -1.98. The number of ether oxygens (including phenoxy) is 3. The minimum absolute atomic E-state index is 0.111. The van der Waals surface area contributed by atoms with Crippen LogP contribution in [0.4, 0.5) is 4.39 Å². The zero-order valence-electron chi connectivity index (χ0n) is 22.4. The number of pyridine rings is 1. The van der Waals surface area contributed by atoms with Crippen LogP contribution in [0.1, 0.15) is 103 Å². The number of nitrogens with zero attached hydrogens (tertiary/aromatic N) is 1. The molecule has 200 valence electrons. The van der Waals surface area contributed by atoms with Gasteiger partial charge in [-0.15, -0.1) is 0 Å². The van der Waals surface area contributed by atoms with E-state index in [1.807, 2.05) is 42.6 Å². The van der Waals surface area contributed by atoms with Gasteiger partial charge in [-0.3, -0.25) is 4.98 Å². The average molecular weight is 500 g/mol. The lowest BCUT2D eigenvalue weighted by atomic mass is 10.0. The molecule has 0 spiro atoms. The van der Waals surface area contributed by atoms with Crippen molar-refractivity contribution in [3.63, 3.8) is 0 Å². The summed E-state index contributed by atoms with van der Waals surface area (Å²) in [6, 6.07) is 11.7. The third kappa shape index (κ3) is 10.2. The fraction of sp³-hybridized carbons (Fsp3) is 0.645. The first kappa shape index (κ1) is 28.6. The first-order valence-corrected chi connectivity index (χ1v) is 14.3.